The van der Waals surface area contributed by atoms with Crippen molar-refractivity contribution in [3.63, 3.8) is 0 Å². The van der Waals surface area contributed by atoms with E-state index in [1.165, 1.54) is 5.56 Å². The first-order valence-corrected chi connectivity index (χ1v) is 12.6. The van der Waals surface area contributed by atoms with Gasteiger partial charge in [-0.15, -0.1) is 0 Å². The lowest BCUT2D eigenvalue weighted by atomic mass is 10.2. The van der Waals surface area contributed by atoms with E-state index in [0.29, 0.717) is 25.6 Å². The third-order valence-electron chi connectivity index (χ3n) is 6.19. The summed E-state index contributed by atoms with van der Waals surface area (Å²) in [5.74, 6) is 1.72. The number of morpholine rings is 1. The van der Waals surface area contributed by atoms with Crippen LogP contribution < -0.4 is 16.0 Å². The van der Waals surface area contributed by atoms with Crippen molar-refractivity contribution in [1.29, 1.82) is 0 Å². The first kappa shape index (κ1) is 24.9. The molecule has 1 saturated heterocycles. The number of nitrogens with one attached hydrogen (secondary N) is 3. The van der Waals surface area contributed by atoms with E-state index in [4.69, 9.17) is 4.74 Å². The van der Waals surface area contributed by atoms with Crippen LogP contribution in [0.3, 0.4) is 0 Å². The number of hydrogen-bond donors (Lipinski definition) is 3. The van der Waals surface area contributed by atoms with Crippen molar-refractivity contribution >= 4 is 28.6 Å². The molecule has 0 unspecified atom stereocenters. The normalized spacial score (nSPS) is 13.8. The van der Waals surface area contributed by atoms with E-state index in [1.54, 1.807) is 0 Å². The fourth-order valence-electron chi connectivity index (χ4n) is 4.20. The summed E-state index contributed by atoms with van der Waals surface area (Å²) in [6.45, 7) is 7.48. The molecule has 1 fully saturated rings. The van der Waals surface area contributed by atoms with Gasteiger partial charge in [0.15, 0.2) is 0 Å². The predicted molar refractivity (Wildman–Crippen MR) is 140 cm³/mol. The average molecular weight is 480 g/mol. The number of amides is 1. The number of hydrogen-bond acceptors (Lipinski definition) is 7. The number of carbonyl (C=O) groups is 1. The molecule has 0 saturated carbocycles. The second-order valence-electron chi connectivity index (χ2n) is 8.83. The zero-order valence-corrected chi connectivity index (χ0v) is 20.8. The minimum atomic E-state index is 0.251. The molecule has 1 aliphatic rings. The van der Waals surface area contributed by atoms with E-state index in [2.05, 4.69) is 74.1 Å². The molecule has 0 bridgehead atoms. The molecule has 3 aromatic rings. The number of carbonyl (C=O) groups excluding carboxylic acids is 1. The number of benzene rings is 1. The van der Waals surface area contributed by atoms with E-state index >= 15 is 0 Å². The van der Waals surface area contributed by atoms with Crippen LogP contribution >= 0.6 is 0 Å². The maximum Gasteiger partial charge on any atom is 0.224 e. The lowest BCUT2D eigenvalue weighted by Gasteiger charge is -2.26. The maximum atomic E-state index is 12.2. The lowest BCUT2D eigenvalue weighted by Crippen LogP contribution is -2.40. The molecule has 3 heterocycles. The van der Waals surface area contributed by atoms with Crippen LogP contribution in [0.15, 0.2) is 36.7 Å². The van der Waals surface area contributed by atoms with Gasteiger partial charge in [0, 0.05) is 63.1 Å². The van der Waals surface area contributed by atoms with E-state index < -0.39 is 0 Å². The van der Waals surface area contributed by atoms with Crippen LogP contribution in [0.4, 0.5) is 11.8 Å². The Bertz CT molecular complexity index is 1110. The monoisotopic (exact) mass is 479 g/mol. The third kappa shape index (κ3) is 6.70. The Morgan fingerprint density at radius 3 is 2.77 bits per heavy atom. The standard InChI is InChI=1S/C26H37N7O2/c1-3-10-29-25-22-8-7-21(17-23(22)30-26(27-2)31-25)33-12-9-20(19-33)18-28-11-5-4-6-24(34)32-13-15-35-16-14-32/h7-9,12,17,19,28H,3-6,10-11,13-16,18H2,1-2H3,(H2,27,29,30,31). The van der Waals surface area contributed by atoms with E-state index in [1.807, 2.05) is 11.9 Å². The number of rotatable bonds is 12. The minimum Gasteiger partial charge on any atom is -0.378 e. The Morgan fingerprint density at radius 2 is 1.97 bits per heavy atom. The van der Waals surface area contributed by atoms with Crippen molar-refractivity contribution in [3.05, 3.63) is 42.2 Å². The van der Waals surface area contributed by atoms with Crippen LogP contribution in [0.5, 0.6) is 0 Å². The lowest BCUT2D eigenvalue weighted by molar-refractivity contribution is -0.135. The molecule has 1 amide bonds. The molecule has 0 spiro atoms. The Hall–Kier alpha value is -3.17. The van der Waals surface area contributed by atoms with Gasteiger partial charge in [-0.3, -0.25) is 4.79 Å². The summed E-state index contributed by atoms with van der Waals surface area (Å²) in [5.41, 5.74) is 3.19. The fourth-order valence-corrected chi connectivity index (χ4v) is 4.20. The Labute approximate surface area is 207 Å². The Balaban J connectivity index is 1.28. The SMILES string of the molecule is CCCNc1nc(NC)nc2cc(-n3ccc(CNCCCCC(=O)N4CCOCC4)c3)ccc12. The van der Waals surface area contributed by atoms with Gasteiger partial charge >= 0.3 is 0 Å². The summed E-state index contributed by atoms with van der Waals surface area (Å²) in [6, 6.07) is 8.41. The summed E-state index contributed by atoms with van der Waals surface area (Å²) in [7, 11) is 1.84. The van der Waals surface area contributed by atoms with Gasteiger partial charge in [-0.25, -0.2) is 4.98 Å². The van der Waals surface area contributed by atoms with Crippen LogP contribution in [-0.2, 0) is 16.1 Å². The third-order valence-corrected chi connectivity index (χ3v) is 6.19. The van der Waals surface area contributed by atoms with Crippen molar-refractivity contribution in [2.24, 2.45) is 0 Å². The number of aromatic nitrogens is 3. The molecule has 1 aromatic carbocycles. The predicted octanol–water partition coefficient (Wildman–Crippen LogP) is 3.40. The Morgan fingerprint density at radius 1 is 1.11 bits per heavy atom. The van der Waals surface area contributed by atoms with Gasteiger partial charge in [-0.2, -0.15) is 4.98 Å². The maximum absolute atomic E-state index is 12.2. The van der Waals surface area contributed by atoms with Crippen LogP contribution in [0.2, 0.25) is 0 Å². The summed E-state index contributed by atoms with van der Waals surface area (Å²) in [5, 5.41) is 11.0. The number of unbranched alkanes of at least 4 members (excludes halogenated alkanes) is 1. The summed E-state index contributed by atoms with van der Waals surface area (Å²) < 4.78 is 7.43. The van der Waals surface area contributed by atoms with Crippen LogP contribution in [0, 0.1) is 0 Å². The van der Waals surface area contributed by atoms with Gasteiger partial charge in [-0.1, -0.05) is 6.92 Å². The van der Waals surface area contributed by atoms with Gasteiger partial charge < -0.3 is 30.2 Å². The van der Waals surface area contributed by atoms with E-state index in [9.17, 15) is 4.79 Å². The molecular formula is C26H37N7O2. The second-order valence-corrected chi connectivity index (χ2v) is 8.83. The molecule has 4 rings (SSSR count). The summed E-state index contributed by atoms with van der Waals surface area (Å²) >= 11 is 0. The van der Waals surface area contributed by atoms with Gasteiger partial charge in [-0.05, 0) is 55.6 Å². The summed E-state index contributed by atoms with van der Waals surface area (Å²) in [6.07, 6.45) is 7.78. The fraction of sp³-hybridized carbons (Fsp3) is 0.500. The molecule has 0 atom stereocenters. The van der Waals surface area contributed by atoms with Crippen molar-refractivity contribution in [2.45, 2.75) is 39.2 Å². The molecule has 2 aromatic heterocycles. The number of nitrogens with zero attached hydrogens (tertiary/aromatic N) is 4. The molecule has 9 heteroatoms. The van der Waals surface area contributed by atoms with Crippen molar-refractivity contribution < 1.29 is 9.53 Å². The molecule has 1 aliphatic heterocycles. The highest BCUT2D eigenvalue weighted by molar-refractivity contribution is 5.91. The van der Waals surface area contributed by atoms with Gasteiger partial charge in [0.25, 0.3) is 0 Å². The topological polar surface area (TPSA) is 96.3 Å². The van der Waals surface area contributed by atoms with Gasteiger partial charge in [0.05, 0.1) is 18.7 Å². The largest absolute Gasteiger partial charge is 0.378 e. The zero-order chi connectivity index (χ0) is 24.5. The number of ether oxygens (including phenoxy) is 1. The number of fused-ring (bicyclic) bond motifs is 1. The van der Waals surface area contributed by atoms with Crippen molar-refractivity contribution in [1.82, 2.24) is 24.8 Å². The molecule has 9 nitrogen and oxygen atoms in total. The quantitative estimate of drug-likeness (QED) is 0.343. The first-order valence-electron chi connectivity index (χ1n) is 12.6. The molecule has 0 aliphatic carbocycles. The first-order chi connectivity index (χ1) is 17.2. The van der Waals surface area contributed by atoms with Crippen LogP contribution in [-0.4, -0.2) is 71.8 Å². The molecule has 0 radical (unpaired) electrons. The Kier molecular flexibility index (Phi) is 8.91. The molecule has 35 heavy (non-hydrogen) atoms. The molecular weight excluding hydrogens is 442 g/mol. The molecule has 3 N–H and O–H groups in total. The number of anilines is 2. The van der Waals surface area contributed by atoms with Crippen LogP contribution in [0.25, 0.3) is 16.6 Å². The highest BCUT2D eigenvalue weighted by atomic mass is 16.5. The summed E-state index contributed by atoms with van der Waals surface area (Å²) in [4.78, 5) is 23.4. The second kappa shape index (κ2) is 12.5. The van der Waals surface area contributed by atoms with Crippen molar-refractivity contribution in [3.8, 4) is 5.69 Å². The highest BCUT2D eigenvalue weighted by Crippen LogP contribution is 2.25. The van der Waals surface area contributed by atoms with E-state index in [-0.39, 0.29) is 5.91 Å². The zero-order valence-electron chi connectivity index (χ0n) is 20.8. The smallest absolute Gasteiger partial charge is 0.224 e. The van der Waals surface area contributed by atoms with Crippen molar-refractivity contribution in [2.75, 3.05) is 57.1 Å². The minimum absolute atomic E-state index is 0.251. The average Bonchev–Trinajstić information content (AvgIpc) is 3.38. The van der Waals surface area contributed by atoms with Gasteiger partial charge in [0.1, 0.15) is 5.82 Å². The molecule has 188 valence electrons. The highest BCUT2D eigenvalue weighted by Gasteiger charge is 2.15. The van der Waals surface area contributed by atoms with Crippen LogP contribution in [0.1, 0.15) is 38.2 Å². The van der Waals surface area contributed by atoms with E-state index in [0.717, 1.165) is 74.4 Å². The van der Waals surface area contributed by atoms with Gasteiger partial charge in [0.2, 0.25) is 11.9 Å².